The lowest BCUT2D eigenvalue weighted by Gasteiger charge is -2.09. The van der Waals surface area contributed by atoms with E-state index in [0.29, 0.717) is 11.6 Å². The van der Waals surface area contributed by atoms with Gasteiger partial charge in [0.05, 0.1) is 35.5 Å². The molecule has 1 unspecified atom stereocenters. The predicted octanol–water partition coefficient (Wildman–Crippen LogP) is 2.82. The Kier molecular flexibility index (Phi) is 3.27. The topological polar surface area (TPSA) is 86.1 Å². The van der Waals surface area contributed by atoms with Crippen LogP contribution in [-0.2, 0) is 7.05 Å². The van der Waals surface area contributed by atoms with Crippen LogP contribution in [0.4, 0.5) is 0 Å². The van der Waals surface area contributed by atoms with Crippen molar-refractivity contribution in [2.45, 2.75) is 24.9 Å². The fourth-order valence-electron chi connectivity index (χ4n) is 3.78. The van der Waals surface area contributed by atoms with Crippen LogP contribution in [-0.4, -0.2) is 39.3 Å². The number of aryl methyl sites for hydroxylation is 1. The molecular formula is C19H17N7OS. The zero-order valence-corrected chi connectivity index (χ0v) is 15.9. The van der Waals surface area contributed by atoms with Gasteiger partial charge in [-0.25, -0.2) is 9.67 Å². The number of benzene rings is 1. The number of imidazole rings is 1. The molecule has 1 aromatic carbocycles. The smallest absolute Gasteiger partial charge is 0.141 e. The van der Waals surface area contributed by atoms with Gasteiger partial charge in [0.2, 0.25) is 0 Å². The quantitative estimate of drug-likeness (QED) is 0.509. The highest BCUT2D eigenvalue weighted by molar-refractivity contribution is 7.17. The van der Waals surface area contributed by atoms with Crippen molar-refractivity contribution >= 4 is 27.1 Å². The normalized spacial score (nSPS) is 15.6. The fourth-order valence-corrected chi connectivity index (χ4v) is 5.08. The second-order valence-corrected chi connectivity index (χ2v) is 8.26. The zero-order valence-electron chi connectivity index (χ0n) is 15.1. The minimum absolute atomic E-state index is 0.523. The van der Waals surface area contributed by atoms with E-state index in [0.717, 1.165) is 27.1 Å². The summed E-state index contributed by atoms with van der Waals surface area (Å²) in [5.74, 6) is 0.535. The number of nitrogens with zero attached hydrogens (tertiary/aromatic N) is 7. The lowest BCUT2D eigenvalue weighted by atomic mass is 10.1. The minimum Gasteiger partial charge on any atom is -0.380 e. The maximum absolute atomic E-state index is 11.2. The van der Waals surface area contributed by atoms with Gasteiger partial charge in [-0.15, -0.1) is 16.4 Å². The van der Waals surface area contributed by atoms with Gasteiger partial charge in [0.15, 0.2) is 0 Å². The molecule has 0 radical (unpaired) electrons. The Hall–Kier alpha value is -3.04. The summed E-state index contributed by atoms with van der Waals surface area (Å²) in [7, 11) is 1.90. The number of aromatic nitrogens is 7. The van der Waals surface area contributed by atoms with Crippen LogP contribution >= 0.6 is 11.3 Å². The van der Waals surface area contributed by atoms with Gasteiger partial charge in [-0.3, -0.25) is 9.08 Å². The number of thiazole rings is 1. The standard InChI is InChI=1S/C19H17N7OS/c1-24-16-12(7-21-24)3-2-4-14(16)26-9-13(22-23-26)18(27)17-19(11-5-6-11)28-15-8-20-10-25(15)17/h2-4,7-11,18,27H,5-6H2,1H3. The highest BCUT2D eigenvalue weighted by Gasteiger charge is 2.33. The van der Waals surface area contributed by atoms with Gasteiger partial charge in [0.25, 0.3) is 0 Å². The monoisotopic (exact) mass is 391 g/mol. The summed E-state index contributed by atoms with van der Waals surface area (Å²) >= 11 is 1.71. The van der Waals surface area contributed by atoms with Crippen LogP contribution in [0, 0.1) is 0 Å². The third-order valence-electron chi connectivity index (χ3n) is 5.32. The van der Waals surface area contributed by atoms with Crippen molar-refractivity contribution in [1.82, 2.24) is 34.2 Å². The molecule has 8 nitrogen and oxygen atoms in total. The molecule has 0 saturated heterocycles. The molecule has 1 aliphatic carbocycles. The number of aliphatic hydroxyl groups is 1. The maximum atomic E-state index is 11.2. The van der Waals surface area contributed by atoms with Gasteiger partial charge in [-0.1, -0.05) is 17.3 Å². The first-order chi connectivity index (χ1) is 13.7. The number of para-hydroxylation sites is 1. The minimum atomic E-state index is -0.849. The van der Waals surface area contributed by atoms with E-state index < -0.39 is 6.10 Å². The number of fused-ring (bicyclic) bond motifs is 2. The average molecular weight is 391 g/mol. The summed E-state index contributed by atoms with van der Waals surface area (Å²) in [5, 5.41) is 25.1. The average Bonchev–Trinajstić information content (AvgIpc) is 3.07. The van der Waals surface area contributed by atoms with Crippen molar-refractivity contribution < 1.29 is 5.11 Å². The number of aliphatic hydroxyl groups excluding tert-OH is 1. The Morgan fingerprint density at radius 3 is 3.00 bits per heavy atom. The molecule has 0 spiro atoms. The van der Waals surface area contributed by atoms with E-state index in [1.54, 1.807) is 28.5 Å². The molecule has 28 heavy (non-hydrogen) atoms. The van der Waals surface area contributed by atoms with Crippen LogP contribution in [0.2, 0.25) is 0 Å². The van der Waals surface area contributed by atoms with Gasteiger partial charge >= 0.3 is 0 Å². The lowest BCUT2D eigenvalue weighted by Crippen LogP contribution is -2.06. The molecule has 140 valence electrons. The highest BCUT2D eigenvalue weighted by Crippen LogP contribution is 2.47. The Morgan fingerprint density at radius 2 is 2.14 bits per heavy atom. The zero-order chi connectivity index (χ0) is 18.8. The van der Waals surface area contributed by atoms with E-state index in [4.69, 9.17) is 0 Å². The summed E-state index contributed by atoms with van der Waals surface area (Å²) in [4.78, 5) is 6.50. The summed E-state index contributed by atoms with van der Waals surface area (Å²) in [6, 6.07) is 5.96. The van der Waals surface area contributed by atoms with Crippen molar-refractivity contribution in [3.8, 4) is 5.69 Å². The van der Waals surface area contributed by atoms with Crippen molar-refractivity contribution in [3.63, 3.8) is 0 Å². The molecule has 4 aromatic heterocycles. The van der Waals surface area contributed by atoms with Gasteiger partial charge in [-0.05, 0) is 24.8 Å². The third-order valence-corrected chi connectivity index (χ3v) is 6.59. The SMILES string of the molecule is Cn1ncc2cccc(-n3cc(C(O)c4c(C5CC5)sc5cncn45)nn3)c21. The molecule has 1 saturated carbocycles. The molecule has 5 aromatic rings. The van der Waals surface area contributed by atoms with Gasteiger partial charge in [0.1, 0.15) is 23.0 Å². The Labute approximate surface area is 163 Å². The van der Waals surface area contributed by atoms with E-state index in [1.165, 1.54) is 17.7 Å². The first kappa shape index (κ1) is 16.0. The molecule has 1 aliphatic rings. The first-order valence-electron chi connectivity index (χ1n) is 9.17. The van der Waals surface area contributed by atoms with E-state index in [2.05, 4.69) is 20.4 Å². The van der Waals surface area contributed by atoms with Crippen LogP contribution in [0.5, 0.6) is 0 Å². The van der Waals surface area contributed by atoms with Crippen molar-refractivity contribution in [2.75, 3.05) is 0 Å². The molecule has 1 N–H and O–H groups in total. The second-order valence-electron chi connectivity index (χ2n) is 7.20. The van der Waals surface area contributed by atoms with Crippen LogP contribution < -0.4 is 0 Å². The molecule has 6 rings (SSSR count). The first-order valence-corrected chi connectivity index (χ1v) is 9.98. The molecule has 1 atom stereocenters. The van der Waals surface area contributed by atoms with Crippen molar-refractivity contribution in [1.29, 1.82) is 0 Å². The molecule has 4 heterocycles. The molecule has 0 bridgehead atoms. The van der Waals surface area contributed by atoms with E-state index in [-0.39, 0.29) is 0 Å². The van der Waals surface area contributed by atoms with Crippen LogP contribution in [0.3, 0.4) is 0 Å². The van der Waals surface area contributed by atoms with Crippen LogP contribution in [0.15, 0.2) is 43.1 Å². The maximum Gasteiger partial charge on any atom is 0.141 e. The Bertz CT molecular complexity index is 1320. The third kappa shape index (κ3) is 2.26. The Morgan fingerprint density at radius 1 is 1.25 bits per heavy atom. The van der Waals surface area contributed by atoms with E-state index in [9.17, 15) is 5.11 Å². The van der Waals surface area contributed by atoms with Gasteiger partial charge in [-0.2, -0.15) is 5.10 Å². The predicted molar refractivity (Wildman–Crippen MR) is 105 cm³/mol. The second kappa shape index (κ2) is 5.73. The molecular weight excluding hydrogens is 374 g/mol. The van der Waals surface area contributed by atoms with Gasteiger partial charge < -0.3 is 5.11 Å². The van der Waals surface area contributed by atoms with E-state index in [1.807, 2.05) is 46.7 Å². The van der Waals surface area contributed by atoms with Crippen molar-refractivity contribution in [2.24, 2.45) is 7.05 Å². The summed E-state index contributed by atoms with van der Waals surface area (Å²) in [6.07, 6.45) is 8.72. The summed E-state index contributed by atoms with van der Waals surface area (Å²) in [5.41, 5.74) is 3.24. The fraction of sp³-hybridized carbons (Fsp3) is 0.263. The highest BCUT2D eigenvalue weighted by atomic mass is 32.1. The molecule has 1 fully saturated rings. The molecule has 0 aliphatic heterocycles. The summed E-state index contributed by atoms with van der Waals surface area (Å²) in [6.45, 7) is 0. The molecule has 9 heteroatoms. The Balaban J connectivity index is 1.46. The van der Waals surface area contributed by atoms with Crippen LogP contribution in [0.25, 0.3) is 21.4 Å². The van der Waals surface area contributed by atoms with Crippen LogP contribution in [0.1, 0.15) is 41.1 Å². The number of hydrogen-bond acceptors (Lipinski definition) is 6. The number of hydrogen-bond donors (Lipinski definition) is 1. The van der Waals surface area contributed by atoms with E-state index >= 15 is 0 Å². The van der Waals surface area contributed by atoms with Crippen molar-refractivity contribution in [3.05, 3.63) is 59.4 Å². The molecule has 0 amide bonds. The largest absolute Gasteiger partial charge is 0.380 e. The number of rotatable bonds is 4. The lowest BCUT2D eigenvalue weighted by molar-refractivity contribution is 0.208. The van der Waals surface area contributed by atoms with Gasteiger partial charge in [0, 0.05) is 17.3 Å². The summed E-state index contributed by atoms with van der Waals surface area (Å²) < 4.78 is 5.50.